The van der Waals surface area contributed by atoms with Crippen molar-refractivity contribution in [3.8, 4) is 0 Å². The summed E-state index contributed by atoms with van der Waals surface area (Å²) in [4.78, 5) is 41.8. The smallest absolute Gasteiger partial charge is 0.279 e. The lowest BCUT2D eigenvalue weighted by molar-refractivity contribution is -0.121. The van der Waals surface area contributed by atoms with Gasteiger partial charge in [0.25, 0.3) is 5.91 Å². The number of rotatable bonds is 4. The molecule has 0 saturated carbocycles. The number of nitrogens with zero attached hydrogens (tertiary/aromatic N) is 3. The van der Waals surface area contributed by atoms with Crippen LogP contribution in [0.3, 0.4) is 0 Å². The third-order valence-electron chi connectivity index (χ3n) is 4.76. The second-order valence-electron chi connectivity index (χ2n) is 6.86. The van der Waals surface area contributed by atoms with Crippen molar-refractivity contribution in [2.45, 2.75) is 32.7 Å². The molecule has 0 radical (unpaired) electrons. The minimum atomic E-state index is -0.701. The Hall–Kier alpha value is -3.20. The molecule has 0 spiro atoms. The van der Waals surface area contributed by atoms with Crippen molar-refractivity contribution in [1.82, 2.24) is 4.57 Å². The summed E-state index contributed by atoms with van der Waals surface area (Å²) in [5.74, 6) is -2.50. The van der Waals surface area contributed by atoms with Gasteiger partial charge in [-0.25, -0.2) is 8.78 Å². The molecule has 0 unspecified atom stereocenters. The van der Waals surface area contributed by atoms with Gasteiger partial charge in [-0.3, -0.25) is 19.3 Å². The number of hydrogen-bond acceptors (Lipinski definition) is 4. The van der Waals surface area contributed by atoms with Gasteiger partial charge in [-0.15, -0.1) is 0 Å². The lowest BCUT2D eigenvalue weighted by Crippen LogP contribution is -2.28. The van der Waals surface area contributed by atoms with E-state index in [2.05, 4.69) is 4.99 Å². The molecule has 1 aliphatic rings. The quantitative estimate of drug-likeness (QED) is 0.593. The highest BCUT2D eigenvalue weighted by Gasteiger charge is 2.30. The van der Waals surface area contributed by atoms with E-state index in [4.69, 9.17) is 0 Å². The van der Waals surface area contributed by atoms with E-state index >= 15 is 0 Å². The van der Waals surface area contributed by atoms with E-state index in [1.807, 2.05) is 6.92 Å². The summed E-state index contributed by atoms with van der Waals surface area (Å²) in [5, 5.41) is 0. The predicted molar refractivity (Wildman–Crippen MR) is 108 cm³/mol. The molecular weight excluding hydrogens is 412 g/mol. The molecule has 0 aliphatic carbocycles. The first-order valence-corrected chi connectivity index (χ1v) is 10.2. The van der Waals surface area contributed by atoms with Crippen LogP contribution in [-0.4, -0.2) is 22.3 Å². The Bertz CT molecular complexity index is 1230. The number of carbonyl (C=O) groups excluding carboxylic acids is 3. The summed E-state index contributed by atoms with van der Waals surface area (Å²) in [7, 11) is 0. The van der Waals surface area contributed by atoms with Crippen LogP contribution >= 0.6 is 11.3 Å². The van der Waals surface area contributed by atoms with Crippen LogP contribution in [0.4, 0.5) is 14.5 Å². The first-order valence-electron chi connectivity index (χ1n) is 9.42. The van der Waals surface area contributed by atoms with Crippen LogP contribution in [0.15, 0.2) is 41.4 Å². The first kappa shape index (κ1) is 20.1. The third-order valence-corrected chi connectivity index (χ3v) is 5.79. The fourth-order valence-electron chi connectivity index (χ4n) is 3.41. The second kappa shape index (κ2) is 7.91. The molecule has 1 fully saturated rings. The van der Waals surface area contributed by atoms with Gasteiger partial charge in [0.2, 0.25) is 11.8 Å². The van der Waals surface area contributed by atoms with Crippen LogP contribution in [-0.2, 0) is 16.1 Å². The van der Waals surface area contributed by atoms with E-state index in [9.17, 15) is 23.2 Å². The molecule has 2 aromatic carbocycles. The highest BCUT2D eigenvalue weighted by molar-refractivity contribution is 7.16. The van der Waals surface area contributed by atoms with Crippen LogP contribution in [0.2, 0.25) is 0 Å². The lowest BCUT2D eigenvalue weighted by atomic mass is 10.2. The fourth-order valence-corrected chi connectivity index (χ4v) is 4.51. The van der Waals surface area contributed by atoms with Gasteiger partial charge in [-0.1, -0.05) is 18.3 Å². The van der Waals surface area contributed by atoms with Crippen LogP contribution in [0, 0.1) is 11.6 Å². The van der Waals surface area contributed by atoms with Crippen molar-refractivity contribution in [3.05, 3.63) is 58.4 Å². The van der Waals surface area contributed by atoms with E-state index in [1.165, 1.54) is 30.3 Å². The number of amides is 3. The molecule has 0 bridgehead atoms. The number of thiazole rings is 1. The number of aryl methyl sites for hydroxylation is 1. The summed E-state index contributed by atoms with van der Waals surface area (Å²) in [6.07, 6.45) is 1.03. The molecule has 3 aromatic rings. The van der Waals surface area contributed by atoms with Gasteiger partial charge < -0.3 is 4.57 Å². The van der Waals surface area contributed by atoms with Gasteiger partial charge in [0.15, 0.2) is 10.6 Å². The van der Waals surface area contributed by atoms with Crippen molar-refractivity contribution in [2.24, 2.45) is 4.99 Å². The Balaban J connectivity index is 1.71. The maximum absolute atomic E-state index is 14.3. The molecule has 1 aliphatic heterocycles. The molecule has 0 N–H and O–H groups in total. The Morgan fingerprint density at radius 1 is 1.10 bits per heavy atom. The van der Waals surface area contributed by atoms with Gasteiger partial charge >= 0.3 is 0 Å². The molecule has 1 aromatic heterocycles. The average molecular weight is 429 g/mol. The maximum Gasteiger partial charge on any atom is 0.279 e. The molecule has 1 saturated heterocycles. The SMILES string of the molecule is CCCn1c(=NC(=O)c2ccc(N3C(=O)CCC3=O)cc2)sc2cc(F)cc(F)c21. The Kier molecular flexibility index (Phi) is 5.29. The topological polar surface area (TPSA) is 71.7 Å². The molecular formula is C21H17F2N3O3S. The van der Waals surface area contributed by atoms with Crippen molar-refractivity contribution in [2.75, 3.05) is 4.90 Å². The molecule has 2 heterocycles. The molecule has 154 valence electrons. The van der Waals surface area contributed by atoms with Crippen molar-refractivity contribution in [1.29, 1.82) is 0 Å². The Labute approximate surface area is 174 Å². The number of halogens is 2. The molecule has 30 heavy (non-hydrogen) atoms. The highest BCUT2D eigenvalue weighted by Crippen LogP contribution is 2.24. The van der Waals surface area contributed by atoms with Gasteiger partial charge in [-0.2, -0.15) is 4.99 Å². The van der Waals surface area contributed by atoms with Crippen LogP contribution in [0.25, 0.3) is 10.2 Å². The van der Waals surface area contributed by atoms with Crippen molar-refractivity contribution >= 4 is 45.0 Å². The maximum atomic E-state index is 14.3. The number of aromatic nitrogens is 1. The van der Waals surface area contributed by atoms with E-state index in [1.54, 1.807) is 4.57 Å². The summed E-state index contributed by atoms with van der Waals surface area (Å²) >= 11 is 1.04. The zero-order valence-electron chi connectivity index (χ0n) is 16.0. The molecule has 4 rings (SSSR count). The van der Waals surface area contributed by atoms with Crippen molar-refractivity contribution in [3.63, 3.8) is 0 Å². The van der Waals surface area contributed by atoms with E-state index in [-0.39, 0.29) is 40.5 Å². The lowest BCUT2D eigenvalue weighted by Gasteiger charge is -2.13. The number of anilines is 1. The van der Waals surface area contributed by atoms with Gasteiger partial charge in [0.1, 0.15) is 5.82 Å². The molecule has 0 atom stereocenters. The fraction of sp³-hybridized carbons (Fsp3) is 0.238. The summed E-state index contributed by atoms with van der Waals surface area (Å²) < 4.78 is 29.8. The van der Waals surface area contributed by atoms with E-state index < -0.39 is 17.5 Å². The normalized spacial score (nSPS) is 14.9. The number of carbonyl (C=O) groups is 3. The Morgan fingerprint density at radius 3 is 2.40 bits per heavy atom. The minimum Gasteiger partial charge on any atom is -0.314 e. The van der Waals surface area contributed by atoms with Gasteiger partial charge in [0, 0.05) is 31.0 Å². The number of hydrogen-bond donors (Lipinski definition) is 0. The Morgan fingerprint density at radius 2 is 1.77 bits per heavy atom. The van der Waals surface area contributed by atoms with Gasteiger partial charge in [-0.05, 0) is 36.8 Å². The standard InChI is InChI=1S/C21H17F2N3O3S/c1-2-9-25-19-15(23)10-13(22)11-16(19)30-21(25)24-20(29)12-3-5-14(6-4-12)26-17(27)7-8-18(26)28/h3-6,10-11H,2,7-9H2,1H3. The van der Waals surface area contributed by atoms with Crippen molar-refractivity contribution < 1.29 is 23.2 Å². The van der Waals surface area contributed by atoms with E-state index in [0.29, 0.717) is 23.4 Å². The summed E-state index contributed by atoms with van der Waals surface area (Å²) in [5.41, 5.74) is 0.876. The number of fused-ring (bicyclic) bond motifs is 1. The van der Waals surface area contributed by atoms with Crippen LogP contribution < -0.4 is 9.70 Å². The van der Waals surface area contributed by atoms with Crippen LogP contribution in [0.5, 0.6) is 0 Å². The van der Waals surface area contributed by atoms with Crippen LogP contribution in [0.1, 0.15) is 36.5 Å². The summed E-state index contributed by atoms with van der Waals surface area (Å²) in [6, 6.07) is 8.04. The van der Waals surface area contributed by atoms with Gasteiger partial charge in [0.05, 0.1) is 15.9 Å². The minimum absolute atomic E-state index is 0.176. The zero-order chi connectivity index (χ0) is 21.4. The average Bonchev–Trinajstić information content (AvgIpc) is 3.21. The van der Waals surface area contributed by atoms with E-state index in [0.717, 1.165) is 22.3 Å². The predicted octanol–water partition coefficient (Wildman–Crippen LogP) is 3.79. The number of benzene rings is 2. The third kappa shape index (κ3) is 3.56. The largest absolute Gasteiger partial charge is 0.314 e. The first-order chi connectivity index (χ1) is 14.4. The molecule has 9 heteroatoms. The monoisotopic (exact) mass is 429 g/mol. The number of imide groups is 1. The second-order valence-corrected chi connectivity index (χ2v) is 7.87. The zero-order valence-corrected chi connectivity index (χ0v) is 16.8. The molecule has 3 amide bonds. The molecule has 6 nitrogen and oxygen atoms in total. The highest BCUT2D eigenvalue weighted by atomic mass is 32.1. The summed E-state index contributed by atoms with van der Waals surface area (Å²) in [6.45, 7) is 2.33.